The molecule has 1 heterocycles. The zero-order valence-corrected chi connectivity index (χ0v) is 29.0. The summed E-state index contributed by atoms with van der Waals surface area (Å²) in [6, 6.07) is 11.8. The quantitative estimate of drug-likeness (QED) is 0.0796. The molecular formula is C41H72N2. The molecule has 0 aliphatic heterocycles. The van der Waals surface area contributed by atoms with Crippen LogP contribution in [0, 0.1) is 5.92 Å². The van der Waals surface area contributed by atoms with Gasteiger partial charge >= 0.3 is 0 Å². The average Bonchev–Trinajstić information content (AvgIpc) is 3.57. The summed E-state index contributed by atoms with van der Waals surface area (Å²) in [7, 11) is 0. The van der Waals surface area contributed by atoms with Crippen LogP contribution in [0.4, 0.5) is 0 Å². The highest BCUT2D eigenvalue weighted by Gasteiger charge is 2.23. The summed E-state index contributed by atoms with van der Waals surface area (Å²) < 4.78 is 2.45. The topological polar surface area (TPSA) is 17.8 Å². The summed E-state index contributed by atoms with van der Waals surface area (Å²) in [6.07, 6.45) is 45.8. The van der Waals surface area contributed by atoms with E-state index in [0.717, 1.165) is 0 Å². The van der Waals surface area contributed by atoms with Gasteiger partial charge in [-0.15, -0.1) is 0 Å². The van der Waals surface area contributed by atoms with Crippen LogP contribution in [0.5, 0.6) is 0 Å². The van der Waals surface area contributed by atoms with Gasteiger partial charge in [-0.3, -0.25) is 0 Å². The number of hydrogen-bond donors (Lipinski definition) is 0. The number of hydrogen-bond acceptors (Lipinski definition) is 1. The summed E-state index contributed by atoms with van der Waals surface area (Å²) in [4.78, 5) is 4.47. The zero-order valence-electron chi connectivity index (χ0n) is 29.0. The van der Waals surface area contributed by atoms with Gasteiger partial charge in [0.25, 0.3) is 0 Å². The highest BCUT2D eigenvalue weighted by atomic mass is 15.1. The van der Waals surface area contributed by atoms with Crippen LogP contribution in [0.1, 0.15) is 199 Å². The fourth-order valence-corrected chi connectivity index (χ4v) is 7.06. The lowest BCUT2D eigenvalue weighted by Gasteiger charge is -2.29. The van der Waals surface area contributed by atoms with Crippen LogP contribution in [-0.2, 0) is 6.42 Å². The highest BCUT2D eigenvalue weighted by Crippen LogP contribution is 2.32. The third kappa shape index (κ3) is 20.2. The SMILES string of the molecule is CCCCCCCCCCCCCCCCCCC(Cc1ccccc1)C(CCCCCCCCCCC)n1ccnc1. The zero-order chi connectivity index (χ0) is 30.5. The number of imidazole rings is 1. The van der Waals surface area contributed by atoms with Crippen LogP contribution in [0.3, 0.4) is 0 Å². The van der Waals surface area contributed by atoms with Gasteiger partial charge in [0.2, 0.25) is 0 Å². The lowest BCUT2D eigenvalue weighted by atomic mass is 9.84. The van der Waals surface area contributed by atoms with E-state index >= 15 is 0 Å². The summed E-state index contributed by atoms with van der Waals surface area (Å²) >= 11 is 0. The first-order valence-corrected chi connectivity index (χ1v) is 19.4. The number of nitrogens with zero attached hydrogens (tertiary/aromatic N) is 2. The second-order valence-corrected chi connectivity index (χ2v) is 13.7. The summed E-state index contributed by atoms with van der Waals surface area (Å²) in [5.41, 5.74) is 1.50. The van der Waals surface area contributed by atoms with Crippen LogP contribution in [-0.4, -0.2) is 9.55 Å². The molecule has 2 nitrogen and oxygen atoms in total. The minimum atomic E-state index is 0.573. The molecule has 0 aliphatic rings. The molecule has 2 unspecified atom stereocenters. The van der Waals surface area contributed by atoms with Gasteiger partial charge in [0.1, 0.15) is 0 Å². The first-order valence-electron chi connectivity index (χ1n) is 19.4. The largest absolute Gasteiger partial charge is 0.334 e. The predicted octanol–water partition coefficient (Wildman–Crippen LogP) is 13.9. The molecular weight excluding hydrogens is 520 g/mol. The molecule has 0 saturated heterocycles. The number of unbranched alkanes of at least 4 members (excludes halogenated alkanes) is 23. The van der Waals surface area contributed by atoms with Gasteiger partial charge in [0.15, 0.2) is 0 Å². The maximum Gasteiger partial charge on any atom is 0.0948 e. The Labute approximate surface area is 269 Å². The van der Waals surface area contributed by atoms with Crippen molar-refractivity contribution in [2.75, 3.05) is 0 Å². The number of benzene rings is 1. The minimum Gasteiger partial charge on any atom is -0.334 e. The van der Waals surface area contributed by atoms with E-state index in [1.54, 1.807) is 0 Å². The molecule has 2 rings (SSSR count). The van der Waals surface area contributed by atoms with Gasteiger partial charge in [0.05, 0.1) is 6.33 Å². The van der Waals surface area contributed by atoms with Crippen LogP contribution < -0.4 is 0 Å². The summed E-state index contributed by atoms with van der Waals surface area (Å²) in [6.45, 7) is 4.61. The van der Waals surface area contributed by atoms with Gasteiger partial charge in [-0.05, 0) is 30.7 Å². The van der Waals surface area contributed by atoms with Crippen molar-refractivity contribution in [1.82, 2.24) is 9.55 Å². The van der Waals surface area contributed by atoms with Crippen molar-refractivity contribution in [3.8, 4) is 0 Å². The van der Waals surface area contributed by atoms with E-state index in [0.29, 0.717) is 12.0 Å². The molecule has 0 N–H and O–H groups in total. The van der Waals surface area contributed by atoms with Gasteiger partial charge in [-0.1, -0.05) is 205 Å². The van der Waals surface area contributed by atoms with Crippen molar-refractivity contribution in [3.05, 3.63) is 54.6 Å². The third-order valence-corrected chi connectivity index (χ3v) is 9.82. The Hall–Kier alpha value is -1.57. The number of rotatable bonds is 31. The van der Waals surface area contributed by atoms with E-state index in [2.05, 4.69) is 66.3 Å². The van der Waals surface area contributed by atoms with E-state index in [-0.39, 0.29) is 0 Å². The Morgan fingerprint density at radius 3 is 1.35 bits per heavy atom. The average molecular weight is 593 g/mol. The molecule has 1 aromatic carbocycles. The van der Waals surface area contributed by atoms with Crippen LogP contribution in [0.25, 0.3) is 0 Å². The Morgan fingerprint density at radius 2 is 0.930 bits per heavy atom. The second kappa shape index (κ2) is 27.9. The fraction of sp³-hybridized carbons (Fsp3) is 0.780. The van der Waals surface area contributed by atoms with Gasteiger partial charge in [-0.2, -0.15) is 0 Å². The minimum absolute atomic E-state index is 0.573. The van der Waals surface area contributed by atoms with Crippen molar-refractivity contribution < 1.29 is 0 Å². The molecule has 0 fully saturated rings. The molecule has 0 saturated carbocycles. The molecule has 0 aliphatic carbocycles. The van der Waals surface area contributed by atoms with Crippen molar-refractivity contribution >= 4 is 0 Å². The van der Waals surface area contributed by atoms with Gasteiger partial charge < -0.3 is 4.57 Å². The van der Waals surface area contributed by atoms with Crippen molar-refractivity contribution in [3.63, 3.8) is 0 Å². The van der Waals surface area contributed by atoms with Crippen molar-refractivity contribution in [2.24, 2.45) is 5.92 Å². The Kier molecular flexibility index (Phi) is 24.4. The van der Waals surface area contributed by atoms with Crippen LogP contribution in [0.15, 0.2) is 49.1 Å². The summed E-state index contributed by atoms with van der Waals surface area (Å²) in [5.74, 6) is 0.692. The van der Waals surface area contributed by atoms with Crippen LogP contribution in [0.2, 0.25) is 0 Å². The molecule has 2 aromatic rings. The van der Waals surface area contributed by atoms with E-state index in [9.17, 15) is 0 Å². The lowest BCUT2D eigenvalue weighted by molar-refractivity contribution is 0.275. The Morgan fingerprint density at radius 1 is 0.512 bits per heavy atom. The molecule has 43 heavy (non-hydrogen) atoms. The summed E-state index contributed by atoms with van der Waals surface area (Å²) in [5, 5.41) is 0. The Bertz CT molecular complexity index is 798. The van der Waals surface area contributed by atoms with Crippen molar-refractivity contribution in [2.45, 2.75) is 200 Å². The molecule has 0 spiro atoms. The normalized spacial score (nSPS) is 13.0. The molecule has 0 radical (unpaired) electrons. The first kappa shape index (κ1) is 37.6. The molecule has 2 heteroatoms. The van der Waals surface area contributed by atoms with Gasteiger partial charge in [-0.25, -0.2) is 4.98 Å². The maximum atomic E-state index is 4.47. The maximum absolute atomic E-state index is 4.47. The molecule has 1 aromatic heterocycles. The lowest BCUT2D eigenvalue weighted by Crippen LogP contribution is -2.21. The molecule has 0 bridgehead atoms. The van der Waals surface area contributed by atoms with Crippen LogP contribution >= 0.6 is 0 Å². The van der Waals surface area contributed by atoms with E-state index in [1.807, 2.05) is 6.20 Å². The van der Waals surface area contributed by atoms with E-state index in [4.69, 9.17) is 0 Å². The molecule has 246 valence electrons. The van der Waals surface area contributed by atoms with E-state index in [1.165, 1.54) is 185 Å². The standard InChI is InChI=1S/C41H72N2/c1-3-5-7-9-11-13-14-15-16-17-18-19-21-22-24-29-33-40(37-39-31-27-26-28-32-39)41(43-36-35-42-38-43)34-30-25-23-20-12-10-8-6-4-2/h26-28,31-32,35-36,38,40-41H,3-25,29-30,33-34,37H2,1-2H3. The fourth-order valence-electron chi connectivity index (χ4n) is 7.06. The predicted molar refractivity (Wildman–Crippen MR) is 191 cm³/mol. The molecule has 0 amide bonds. The second-order valence-electron chi connectivity index (χ2n) is 13.7. The van der Waals surface area contributed by atoms with Crippen molar-refractivity contribution in [1.29, 1.82) is 0 Å². The first-order chi connectivity index (χ1) is 21.3. The number of aromatic nitrogens is 2. The monoisotopic (exact) mass is 593 g/mol. The van der Waals surface area contributed by atoms with E-state index < -0.39 is 0 Å². The highest BCUT2D eigenvalue weighted by molar-refractivity contribution is 5.15. The molecule has 2 atom stereocenters. The smallest absolute Gasteiger partial charge is 0.0948 e. The van der Waals surface area contributed by atoms with Gasteiger partial charge in [0, 0.05) is 18.4 Å². The Balaban J connectivity index is 1.66. The third-order valence-electron chi connectivity index (χ3n) is 9.82.